The Labute approximate surface area is 109 Å². The standard InChI is InChI=1S/C14H12N4O/c1-10-7-15-9-18-8-12(17-13(10)18)14(19)16-11-5-3-2-4-6-11/h2-9H,1H3,(H,16,19). The van der Waals surface area contributed by atoms with Gasteiger partial charge in [0.15, 0.2) is 0 Å². The highest BCUT2D eigenvalue weighted by Gasteiger charge is 2.11. The predicted octanol–water partition coefficient (Wildman–Crippen LogP) is 2.29. The normalized spacial score (nSPS) is 10.6. The minimum atomic E-state index is -0.227. The Kier molecular flexibility index (Phi) is 2.72. The van der Waals surface area contributed by atoms with Crippen LogP contribution in [0.25, 0.3) is 5.65 Å². The summed E-state index contributed by atoms with van der Waals surface area (Å²) in [7, 11) is 0. The van der Waals surface area contributed by atoms with Crippen LogP contribution in [-0.2, 0) is 0 Å². The highest BCUT2D eigenvalue weighted by Crippen LogP contribution is 2.11. The number of anilines is 1. The molecule has 1 aromatic carbocycles. The number of amides is 1. The number of carbonyl (C=O) groups excluding carboxylic acids is 1. The van der Waals surface area contributed by atoms with Gasteiger partial charge in [0.1, 0.15) is 17.7 Å². The zero-order chi connectivity index (χ0) is 13.2. The molecule has 5 nitrogen and oxygen atoms in total. The second-order valence-corrected chi connectivity index (χ2v) is 4.25. The molecule has 0 aliphatic heterocycles. The first kappa shape index (κ1) is 11.4. The van der Waals surface area contributed by atoms with Crippen molar-refractivity contribution in [2.24, 2.45) is 0 Å². The number of carbonyl (C=O) groups is 1. The molecule has 5 heteroatoms. The van der Waals surface area contributed by atoms with Gasteiger partial charge in [-0.3, -0.25) is 9.20 Å². The summed E-state index contributed by atoms with van der Waals surface area (Å²) in [6, 6.07) is 9.30. The molecule has 1 amide bonds. The number of rotatable bonds is 2. The summed E-state index contributed by atoms with van der Waals surface area (Å²) in [5, 5.41) is 2.80. The molecule has 0 fully saturated rings. The topological polar surface area (TPSA) is 59.3 Å². The maximum Gasteiger partial charge on any atom is 0.275 e. The highest BCUT2D eigenvalue weighted by molar-refractivity contribution is 6.03. The number of aryl methyl sites for hydroxylation is 1. The van der Waals surface area contributed by atoms with Gasteiger partial charge in [-0.15, -0.1) is 0 Å². The van der Waals surface area contributed by atoms with E-state index in [-0.39, 0.29) is 5.91 Å². The first-order valence-corrected chi connectivity index (χ1v) is 5.90. The van der Waals surface area contributed by atoms with Gasteiger partial charge >= 0.3 is 0 Å². The fourth-order valence-corrected chi connectivity index (χ4v) is 1.87. The quantitative estimate of drug-likeness (QED) is 0.761. The average molecular weight is 252 g/mol. The van der Waals surface area contributed by atoms with Crippen molar-refractivity contribution < 1.29 is 4.79 Å². The fraction of sp³-hybridized carbons (Fsp3) is 0.0714. The summed E-state index contributed by atoms with van der Waals surface area (Å²) in [5.74, 6) is -0.227. The number of imidazole rings is 1. The number of hydrogen-bond acceptors (Lipinski definition) is 3. The molecule has 0 atom stereocenters. The number of para-hydroxylation sites is 1. The van der Waals surface area contributed by atoms with Crippen molar-refractivity contribution in [1.29, 1.82) is 0 Å². The van der Waals surface area contributed by atoms with Gasteiger partial charge in [-0.1, -0.05) is 18.2 Å². The van der Waals surface area contributed by atoms with Gasteiger partial charge in [-0.2, -0.15) is 0 Å². The second kappa shape index (κ2) is 4.53. The maximum atomic E-state index is 12.1. The van der Waals surface area contributed by atoms with Crippen LogP contribution in [0.5, 0.6) is 0 Å². The molecule has 2 aromatic heterocycles. The summed E-state index contributed by atoms with van der Waals surface area (Å²) in [6.07, 6.45) is 5.03. The van der Waals surface area contributed by atoms with Crippen molar-refractivity contribution in [2.75, 3.05) is 5.32 Å². The van der Waals surface area contributed by atoms with Crippen molar-refractivity contribution in [3.8, 4) is 0 Å². The van der Waals surface area contributed by atoms with Gasteiger partial charge < -0.3 is 5.32 Å². The van der Waals surface area contributed by atoms with Crippen molar-refractivity contribution in [1.82, 2.24) is 14.4 Å². The molecule has 0 bridgehead atoms. The lowest BCUT2D eigenvalue weighted by atomic mass is 10.3. The molecule has 0 aliphatic rings. The van der Waals surface area contributed by atoms with Crippen LogP contribution in [0, 0.1) is 6.92 Å². The van der Waals surface area contributed by atoms with Crippen LogP contribution < -0.4 is 5.32 Å². The third kappa shape index (κ3) is 2.18. The summed E-state index contributed by atoms with van der Waals surface area (Å²) in [5.41, 5.74) is 2.80. The molecular formula is C14H12N4O. The van der Waals surface area contributed by atoms with Gasteiger partial charge in [0, 0.05) is 23.6 Å². The highest BCUT2D eigenvalue weighted by atomic mass is 16.1. The SMILES string of the molecule is Cc1cncn2cc(C(=O)Nc3ccccc3)nc12. The van der Waals surface area contributed by atoms with Crippen molar-refractivity contribution in [3.05, 3.63) is 60.3 Å². The Morgan fingerprint density at radius 2 is 2.05 bits per heavy atom. The fourth-order valence-electron chi connectivity index (χ4n) is 1.87. The van der Waals surface area contributed by atoms with Crippen molar-refractivity contribution >= 4 is 17.2 Å². The van der Waals surface area contributed by atoms with E-state index in [1.807, 2.05) is 37.3 Å². The largest absolute Gasteiger partial charge is 0.321 e. The van der Waals surface area contributed by atoms with Crippen LogP contribution in [0.3, 0.4) is 0 Å². The van der Waals surface area contributed by atoms with Gasteiger partial charge in [-0.05, 0) is 19.1 Å². The second-order valence-electron chi connectivity index (χ2n) is 4.25. The molecule has 19 heavy (non-hydrogen) atoms. The monoisotopic (exact) mass is 252 g/mol. The first-order chi connectivity index (χ1) is 9.24. The average Bonchev–Trinajstić information content (AvgIpc) is 2.85. The molecule has 0 saturated carbocycles. The Morgan fingerprint density at radius 1 is 1.26 bits per heavy atom. The molecule has 0 unspecified atom stereocenters. The maximum absolute atomic E-state index is 12.1. The minimum absolute atomic E-state index is 0.227. The third-order valence-electron chi connectivity index (χ3n) is 2.81. The van der Waals surface area contributed by atoms with E-state index in [9.17, 15) is 4.79 Å². The van der Waals surface area contributed by atoms with E-state index in [1.165, 1.54) is 0 Å². The Morgan fingerprint density at radius 3 is 2.79 bits per heavy atom. The molecule has 0 radical (unpaired) electrons. The van der Waals surface area contributed by atoms with Crippen molar-refractivity contribution in [2.45, 2.75) is 6.92 Å². The summed E-state index contributed by atoms with van der Waals surface area (Å²) < 4.78 is 1.75. The number of nitrogens with zero attached hydrogens (tertiary/aromatic N) is 3. The molecule has 3 aromatic rings. The number of aromatic nitrogens is 3. The smallest absolute Gasteiger partial charge is 0.275 e. The molecule has 94 valence electrons. The Balaban J connectivity index is 1.92. The molecule has 0 spiro atoms. The molecule has 3 rings (SSSR count). The van der Waals surface area contributed by atoms with Crippen molar-refractivity contribution in [3.63, 3.8) is 0 Å². The van der Waals surface area contributed by atoms with Gasteiger partial charge in [0.2, 0.25) is 0 Å². The summed E-state index contributed by atoms with van der Waals surface area (Å²) in [4.78, 5) is 20.5. The molecular weight excluding hydrogens is 240 g/mol. The lowest BCUT2D eigenvalue weighted by molar-refractivity contribution is 0.102. The minimum Gasteiger partial charge on any atom is -0.321 e. The van der Waals surface area contributed by atoms with Gasteiger partial charge in [-0.25, -0.2) is 9.97 Å². The predicted molar refractivity (Wildman–Crippen MR) is 72.1 cm³/mol. The van der Waals surface area contributed by atoms with Crippen LogP contribution in [0.2, 0.25) is 0 Å². The molecule has 1 N–H and O–H groups in total. The Bertz CT molecular complexity index is 734. The number of benzene rings is 1. The van der Waals surface area contributed by atoms with E-state index in [0.29, 0.717) is 5.69 Å². The first-order valence-electron chi connectivity index (χ1n) is 5.90. The van der Waals surface area contributed by atoms with Crippen LogP contribution in [0.15, 0.2) is 49.1 Å². The molecule has 0 saturated heterocycles. The van der Waals surface area contributed by atoms with Crippen LogP contribution in [0.4, 0.5) is 5.69 Å². The van der Waals surface area contributed by atoms with E-state index in [0.717, 1.165) is 16.9 Å². The summed E-state index contributed by atoms with van der Waals surface area (Å²) in [6.45, 7) is 1.91. The zero-order valence-corrected chi connectivity index (χ0v) is 10.4. The van der Waals surface area contributed by atoms with E-state index in [4.69, 9.17) is 0 Å². The van der Waals surface area contributed by atoms with E-state index in [1.54, 1.807) is 23.1 Å². The summed E-state index contributed by atoms with van der Waals surface area (Å²) >= 11 is 0. The van der Waals surface area contributed by atoms with E-state index in [2.05, 4.69) is 15.3 Å². The lowest BCUT2D eigenvalue weighted by Gasteiger charge is -2.01. The van der Waals surface area contributed by atoms with Crippen LogP contribution in [0.1, 0.15) is 16.1 Å². The number of nitrogens with one attached hydrogen (secondary N) is 1. The van der Waals surface area contributed by atoms with Gasteiger partial charge in [0.05, 0.1) is 0 Å². The number of hydrogen-bond donors (Lipinski definition) is 1. The zero-order valence-electron chi connectivity index (χ0n) is 10.4. The number of fused-ring (bicyclic) bond motifs is 1. The van der Waals surface area contributed by atoms with Crippen LogP contribution >= 0.6 is 0 Å². The van der Waals surface area contributed by atoms with E-state index < -0.39 is 0 Å². The molecule has 0 aliphatic carbocycles. The van der Waals surface area contributed by atoms with Gasteiger partial charge in [0.25, 0.3) is 5.91 Å². The van der Waals surface area contributed by atoms with E-state index >= 15 is 0 Å². The third-order valence-corrected chi connectivity index (χ3v) is 2.81. The van der Waals surface area contributed by atoms with Crippen LogP contribution in [-0.4, -0.2) is 20.3 Å². The lowest BCUT2D eigenvalue weighted by Crippen LogP contribution is -2.12. The Hall–Kier alpha value is -2.69. The molecule has 2 heterocycles.